The van der Waals surface area contributed by atoms with Crippen molar-refractivity contribution < 1.29 is 9.53 Å². The zero-order valence-corrected chi connectivity index (χ0v) is 28.6. The van der Waals surface area contributed by atoms with Crippen molar-refractivity contribution in [2.45, 2.75) is 168 Å². The van der Waals surface area contributed by atoms with E-state index in [-0.39, 0.29) is 0 Å². The van der Waals surface area contributed by atoms with E-state index in [4.69, 9.17) is 4.74 Å². The first kappa shape index (κ1) is 40.4. The number of rotatable bonds is 34. The number of nitrogens with one attached hydrogen (secondary N) is 1. The number of unbranched alkanes of at least 4 members (excludes halogenated alkanes) is 21. The molecular weight excluding hydrogens is 506 g/mol. The number of carbonyl (C=O) groups is 1. The highest BCUT2D eigenvalue weighted by molar-refractivity contribution is 5.76. The third kappa shape index (κ3) is 32.1. The number of ether oxygens (including phenoxy) is 1. The minimum atomic E-state index is 0.344. The second-order valence-corrected chi connectivity index (χ2v) is 12.7. The molecule has 41 heavy (non-hydrogen) atoms. The minimum Gasteiger partial charge on any atom is -0.378 e. The van der Waals surface area contributed by atoms with Crippen LogP contribution in [0, 0.1) is 0 Å². The Kier molecular flexibility index (Phi) is 33.3. The van der Waals surface area contributed by atoms with Crippen molar-refractivity contribution in [2.75, 3.05) is 60.0 Å². The molecule has 1 N–H and O–H groups in total. The molecule has 0 aromatic heterocycles. The Bertz CT molecular complexity index is 515. The highest BCUT2D eigenvalue weighted by Gasteiger charge is 2.13. The Morgan fingerprint density at radius 1 is 0.512 bits per heavy atom. The smallest absolute Gasteiger partial charge is 0.222 e. The van der Waals surface area contributed by atoms with E-state index in [0.717, 1.165) is 45.6 Å². The largest absolute Gasteiger partial charge is 0.378 e. The van der Waals surface area contributed by atoms with E-state index in [1.54, 1.807) is 0 Å². The molecule has 0 saturated heterocycles. The molecule has 0 fully saturated rings. The number of hydrogen-bond donors (Lipinski definition) is 1. The molecule has 0 aliphatic carbocycles. The van der Waals surface area contributed by atoms with Crippen LogP contribution in [0.2, 0.25) is 0 Å². The highest BCUT2D eigenvalue weighted by atomic mass is 16.5. The topological polar surface area (TPSA) is 44.8 Å². The molecule has 0 atom stereocenters. The second kappa shape index (κ2) is 33.8. The molecule has 0 heterocycles. The lowest BCUT2D eigenvalue weighted by molar-refractivity contribution is -0.132. The Hall–Kier alpha value is -0.650. The van der Waals surface area contributed by atoms with Crippen LogP contribution < -0.4 is 5.32 Å². The van der Waals surface area contributed by atoms with Crippen molar-refractivity contribution in [1.82, 2.24) is 15.1 Å². The second-order valence-electron chi connectivity index (χ2n) is 12.7. The van der Waals surface area contributed by atoms with Gasteiger partial charge in [-0.15, -0.1) is 0 Å². The summed E-state index contributed by atoms with van der Waals surface area (Å²) in [5.74, 6) is 0.344. The average molecular weight is 582 g/mol. The molecule has 0 aromatic rings. The lowest BCUT2D eigenvalue weighted by atomic mass is 10.0. The van der Waals surface area contributed by atoms with E-state index >= 15 is 0 Å². The fourth-order valence-corrected chi connectivity index (χ4v) is 5.45. The lowest BCUT2D eigenvalue weighted by Gasteiger charge is -2.23. The van der Waals surface area contributed by atoms with Gasteiger partial charge in [-0.3, -0.25) is 4.79 Å². The van der Waals surface area contributed by atoms with Gasteiger partial charge in [0.2, 0.25) is 5.91 Å². The van der Waals surface area contributed by atoms with E-state index in [1.807, 2.05) is 0 Å². The van der Waals surface area contributed by atoms with Crippen LogP contribution in [0.3, 0.4) is 0 Å². The predicted molar refractivity (Wildman–Crippen MR) is 181 cm³/mol. The van der Waals surface area contributed by atoms with Crippen LogP contribution >= 0.6 is 0 Å². The summed E-state index contributed by atoms with van der Waals surface area (Å²) in [6.45, 7) is 10.5. The first-order valence-electron chi connectivity index (χ1n) is 18.3. The maximum Gasteiger partial charge on any atom is 0.222 e. The molecule has 0 rings (SSSR count). The maximum absolute atomic E-state index is 13.1. The third-order valence-electron chi connectivity index (χ3n) is 8.29. The summed E-state index contributed by atoms with van der Waals surface area (Å²) in [5, 5.41) is 3.42. The molecule has 246 valence electrons. The minimum absolute atomic E-state index is 0.344. The molecule has 5 heteroatoms. The van der Waals surface area contributed by atoms with Crippen LogP contribution in [0.25, 0.3) is 0 Å². The average Bonchev–Trinajstić information content (AvgIpc) is 2.96. The van der Waals surface area contributed by atoms with Gasteiger partial charge < -0.3 is 19.9 Å². The van der Waals surface area contributed by atoms with Crippen molar-refractivity contribution in [3.8, 4) is 0 Å². The molecule has 1 amide bonds. The summed E-state index contributed by atoms with van der Waals surface area (Å²) < 4.78 is 5.88. The van der Waals surface area contributed by atoms with Gasteiger partial charge in [-0.25, -0.2) is 0 Å². The zero-order chi connectivity index (χ0) is 30.1. The molecule has 0 unspecified atom stereocenters. The first-order valence-corrected chi connectivity index (χ1v) is 18.3. The summed E-state index contributed by atoms with van der Waals surface area (Å²) in [6, 6.07) is 0. The van der Waals surface area contributed by atoms with Crippen molar-refractivity contribution in [2.24, 2.45) is 0 Å². The quantitative estimate of drug-likeness (QED) is 0.0769. The van der Waals surface area contributed by atoms with Gasteiger partial charge in [0.05, 0.1) is 13.2 Å². The van der Waals surface area contributed by atoms with E-state index in [2.05, 4.69) is 43.1 Å². The summed E-state index contributed by atoms with van der Waals surface area (Å²) in [4.78, 5) is 17.3. The highest BCUT2D eigenvalue weighted by Crippen LogP contribution is 2.14. The van der Waals surface area contributed by atoms with Crippen LogP contribution in [0.5, 0.6) is 0 Å². The summed E-state index contributed by atoms with van der Waals surface area (Å²) in [7, 11) is 4.19. The van der Waals surface area contributed by atoms with Gasteiger partial charge in [0.25, 0.3) is 0 Å². The SMILES string of the molecule is CCCCCCCCCCCCCCN(CCOCCNCCN(C)C)C(=O)CCCCCCCCCCCCC. The monoisotopic (exact) mass is 582 g/mol. The van der Waals surface area contributed by atoms with Gasteiger partial charge in [0.15, 0.2) is 0 Å². The van der Waals surface area contributed by atoms with E-state index in [0.29, 0.717) is 25.5 Å². The Morgan fingerprint density at radius 3 is 1.41 bits per heavy atom. The maximum atomic E-state index is 13.1. The molecule has 0 bridgehead atoms. The van der Waals surface area contributed by atoms with Crippen molar-refractivity contribution in [3.63, 3.8) is 0 Å². The lowest BCUT2D eigenvalue weighted by Crippen LogP contribution is -2.35. The summed E-state index contributed by atoms with van der Waals surface area (Å²) in [6.07, 6.45) is 31.5. The van der Waals surface area contributed by atoms with Crippen LogP contribution in [0.1, 0.15) is 168 Å². The molecule has 0 aromatic carbocycles. The molecule has 0 spiro atoms. The van der Waals surface area contributed by atoms with Crippen molar-refractivity contribution >= 4 is 5.91 Å². The summed E-state index contributed by atoms with van der Waals surface area (Å²) in [5.41, 5.74) is 0. The molecule has 0 radical (unpaired) electrons. The van der Waals surface area contributed by atoms with E-state index < -0.39 is 0 Å². The van der Waals surface area contributed by atoms with Crippen LogP contribution in [0.4, 0.5) is 0 Å². The van der Waals surface area contributed by atoms with Gasteiger partial charge in [-0.2, -0.15) is 0 Å². The Labute approximate surface area is 258 Å². The molecule has 0 saturated carbocycles. The van der Waals surface area contributed by atoms with Gasteiger partial charge >= 0.3 is 0 Å². The first-order chi connectivity index (χ1) is 20.1. The predicted octanol–water partition coefficient (Wildman–Crippen LogP) is 9.39. The summed E-state index contributed by atoms with van der Waals surface area (Å²) >= 11 is 0. The molecular formula is C36H75N3O2. The normalized spacial score (nSPS) is 11.5. The Balaban J connectivity index is 4.05. The fourth-order valence-electron chi connectivity index (χ4n) is 5.45. The standard InChI is InChI=1S/C36H75N3O2/c1-5-7-9-11-13-15-17-19-21-23-25-27-31-39(33-35-41-34-30-37-29-32-38(3)4)36(40)28-26-24-22-20-18-16-14-12-10-8-6-2/h37H,5-35H2,1-4H3. The van der Waals surface area contributed by atoms with Gasteiger partial charge in [0.1, 0.15) is 0 Å². The van der Waals surface area contributed by atoms with Gasteiger partial charge in [-0.1, -0.05) is 149 Å². The van der Waals surface area contributed by atoms with Crippen LogP contribution in [-0.2, 0) is 9.53 Å². The zero-order valence-electron chi connectivity index (χ0n) is 28.6. The van der Waals surface area contributed by atoms with E-state index in [1.165, 1.54) is 135 Å². The number of nitrogens with zero attached hydrogens (tertiary/aromatic N) is 2. The van der Waals surface area contributed by atoms with Crippen molar-refractivity contribution in [3.05, 3.63) is 0 Å². The Morgan fingerprint density at radius 2 is 0.951 bits per heavy atom. The number of hydrogen-bond acceptors (Lipinski definition) is 4. The molecule has 5 nitrogen and oxygen atoms in total. The van der Waals surface area contributed by atoms with Gasteiger partial charge in [0, 0.05) is 39.1 Å². The number of likely N-dealkylation sites (N-methyl/N-ethyl adjacent to an activating group) is 1. The van der Waals surface area contributed by atoms with E-state index in [9.17, 15) is 4.79 Å². The van der Waals surface area contributed by atoms with Crippen LogP contribution in [0.15, 0.2) is 0 Å². The molecule has 0 aliphatic rings. The fraction of sp³-hybridized carbons (Fsp3) is 0.972. The third-order valence-corrected chi connectivity index (χ3v) is 8.29. The number of amides is 1. The number of carbonyl (C=O) groups excluding carboxylic acids is 1. The van der Waals surface area contributed by atoms with Gasteiger partial charge in [-0.05, 0) is 26.9 Å². The van der Waals surface area contributed by atoms with Crippen LogP contribution in [-0.4, -0.2) is 75.7 Å². The van der Waals surface area contributed by atoms with Crippen molar-refractivity contribution in [1.29, 1.82) is 0 Å². The molecule has 0 aliphatic heterocycles.